The first-order valence-electron chi connectivity index (χ1n) is 29.4. The minimum atomic E-state index is -1.34. The van der Waals surface area contributed by atoms with E-state index in [-0.39, 0.29) is 77.4 Å². The van der Waals surface area contributed by atoms with Crippen molar-refractivity contribution in [1.29, 1.82) is 0 Å². The number of nitrogens with zero attached hydrogens (tertiary/aromatic N) is 1. The topological polar surface area (TPSA) is 249 Å². The lowest BCUT2D eigenvalue weighted by atomic mass is 9.99. The highest BCUT2D eigenvalue weighted by Crippen LogP contribution is 2.27. The average molecular weight is 1240 g/mol. The summed E-state index contributed by atoms with van der Waals surface area (Å²) in [4.78, 5) is 114. The summed E-state index contributed by atoms with van der Waals surface area (Å²) in [5, 5.41) is 17.6. The van der Waals surface area contributed by atoms with Gasteiger partial charge in [0.1, 0.15) is 67.4 Å². The first kappa shape index (κ1) is 68.0. The van der Waals surface area contributed by atoms with E-state index < -0.39 is 95.5 Å². The smallest absolute Gasteiger partial charge is 0.408 e. The molecule has 466 valence electrons. The maximum Gasteiger partial charge on any atom is 0.408 e. The van der Waals surface area contributed by atoms with Crippen LogP contribution in [0.2, 0.25) is 10.0 Å². The molecule has 1 aliphatic rings. The predicted molar refractivity (Wildman–Crippen MR) is 331 cm³/mol. The van der Waals surface area contributed by atoms with Crippen LogP contribution in [0.4, 0.5) is 9.59 Å². The Morgan fingerprint density at radius 2 is 1.13 bits per heavy atom. The summed E-state index contributed by atoms with van der Waals surface area (Å²) in [7, 11) is 0. The second-order valence-corrected chi connectivity index (χ2v) is 24.0. The molecule has 1 saturated heterocycles. The highest BCUT2D eigenvalue weighted by Gasteiger charge is 2.40. The van der Waals surface area contributed by atoms with E-state index in [4.69, 9.17) is 42.1 Å². The standard InChI is InChI=1S/C66H81Cl2N7O12/c1-42(2)36-55(63(81)85-39-46-22-13-9-14-23-46)72-58(76)52(28-18-34-69-64(82)86-40-47-24-15-10-16-25-47)70-61(79)57(43(3)4)74-59(77)53(37-45-30-32-48(33-31-45)84-41-49-50(67)26-17-27-51(49)68)71-60(78)56-29-19-35-75(56)62(80)54(38-44-20-11-8-12-21-44)73-65(83)87-66(5,6)7/h8-17,20-27,30-33,42-43,52-57H,18-19,28-29,34-41H2,1-7H3,(H,69,82)(H,70,79)(H,71,78)(H,72,76)(H,73,83)(H,74,77)/t52-,53+,54+,55-,56-,57-/m0/s1. The lowest BCUT2D eigenvalue weighted by Crippen LogP contribution is -2.60. The Morgan fingerprint density at radius 3 is 1.71 bits per heavy atom. The quantitative estimate of drug-likeness (QED) is 0.0149. The van der Waals surface area contributed by atoms with Crippen LogP contribution in [0.3, 0.4) is 0 Å². The average Bonchev–Trinajstić information content (AvgIpc) is 4.22. The lowest BCUT2D eigenvalue weighted by Gasteiger charge is -2.31. The van der Waals surface area contributed by atoms with E-state index in [1.54, 1.807) is 89.2 Å². The molecule has 19 nitrogen and oxygen atoms in total. The second-order valence-electron chi connectivity index (χ2n) is 23.2. The number of hydrogen-bond acceptors (Lipinski definition) is 12. The van der Waals surface area contributed by atoms with E-state index in [1.165, 1.54) is 4.90 Å². The fourth-order valence-corrected chi connectivity index (χ4v) is 10.1. The van der Waals surface area contributed by atoms with Crippen LogP contribution in [-0.4, -0.2) is 108 Å². The van der Waals surface area contributed by atoms with Crippen molar-refractivity contribution in [2.75, 3.05) is 13.1 Å². The minimum absolute atomic E-state index is 0.0251. The molecule has 5 aromatic carbocycles. The van der Waals surface area contributed by atoms with E-state index >= 15 is 0 Å². The van der Waals surface area contributed by atoms with Crippen molar-refractivity contribution in [3.63, 3.8) is 0 Å². The molecule has 0 aromatic heterocycles. The molecule has 0 unspecified atom stereocenters. The zero-order chi connectivity index (χ0) is 63.0. The van der Waals surface area contributed by atoms with Crippen LogP contribution >= 0.6 is 23.2 Å². The minimum Gasteiger partial charge on any atom is -0.489 e. The molecule has 5 aromatic rings. The van der Waals surface area contributed by atoms with Crippen molar-refractivity contribution < 1.29 is 57.3 Å². The summed E-state index contributed by atoms with van der Waals surface area (Å²) in [6, 6.07) is 32.0. The predicted octanol–water partition coefficient (Wildman–Crippen LogP) is 9.33. The number of alkyl carbamates (subject to hydrolysis) is 2. The fourth-order valence-electron chi connectivity index (χ4n) is 9.64. The molecule has 0 saturated carbocycles. The highest BCUT2D eigenvalue weighted by molar-refractivity contribution is 6.36. The van der Waals surface area contributed by atoms with Gasteiger partial charge in [0.15, 0.2) is 0 Å². The van der Waals surface area contributed by atoms with Gasteiger partial charge in [0, 0.05) is 41.5 Å². The molecule has 1 aliphatic heterocycles. The van der Waals surface area contributed by atoms with Crippen molar-refractivity contribution in [3.8, 4) is 5.75 Å². The number of halogens is 2. The molecule has 0 radical (unpaired) electrons. The summed E-state index contributed by atoms with van der Waals surface area (Å²) in [5.41, 5.74) is 2.60. The monoisotopic (exact) mass is 1230 g/mol. The third kappa shape index (κ3) is 22.6. The van der Waals surface area contributed by atoms with Crippen molar-refractivity contribution >= 4 is 70.9 Å². The molecule has 6 atom stereocenters. The molecule has 6 N–H and O–H groups in total. The third-order valence-corrected chi connectivity index (χ3v) is 14.8. The van der Waals surface area contributed by atoms with E-state index in [2.05, 4.69) is 31.9 Å². The van der Waals surface area contributed by atoms with Gasteiger partial charge in [0.05, 0.1) is 0 Å². The van der Waals surface area contributed by atoms with E-state index in [1.807, 2.05) is 92.7 Å². The molecule has 87 heavy (non-hydrogen) atoms. The zero-order valence-electron chi connectivity index (χ0n) is 50.4. The Balaban J connectivity index is 1.23. The summed E-state index contributed by atoms with van der Waals surface area (Å²) in [6.07, 6.45) is -0.457. The van der Waals surface area contributed by atoms with Gasteiger partial charge >= 0.3 is 18.2 Å². The number of carbonyl (C=O) groups excluding carboxylic acids is 8. The van der Waals surface area contributed by atoms with Crippen LogP contribution < -0.4 is 36.6 Å². The van der Waals surface area contributed by atoms with Crippen molar-refractivity contribution in [3.05, 3.63) is 171 Å². The molecule has 7 amide bonds. The maximum absolute atomic E-state index is 14.9. The van der Waals surface area contributed by atoms with Crippen LogP contribution in [0, 0.1) is 11.8 Å². The summed E-state index contributed by atoms with van der Waals surface area (Å²) in [6.45, 7) is 12.6. The third-order valence-electron chi connectivity index (χ3n) is 14.1. The Hall–Kier alpha value is -8.16. The molecule has 0 bridgehead atoms. The molecule has 1 heterocycles. The maximum atomic E-state index is 14.9. The number of ether oxygens (including phenoxy) is 4. The fraction of sp³-hybridized carbons (Fsp3) is 0.424. The molecule has 0 aliphatic carbocycles. The van der Waals surface area contributed by atoms with Crippen molar-refractivity contribution in [1.82, 2.24) is 36.8 Å². The van der Waals surface area contributed by atoms with Gasteiger partial charge in [-0.25, -0.2) is 14.4 Å². The van der Waals surface area contributed by atoms with Gasteiger partial charge in [-0.2, -0.15) is 0 Å². The molecule has 21 heteroatoms. The van der Waals surface area contributed by atoms with Crippen molar-refractivity contribution in [2.24, 2.45) is 11.8 Å². The number of rotatable bonds is 29. The normalized spacial score (nSPS) is 14.7. The van der Waals surface area contributed by atoms with Gasteiger partial charge in [-0.15, -0.1) is 0 Å². The SMILES string of the molecule is CC(C)C[C@H](NC(=O)[C@H](CCCNC(=O)OCc1ccccc1)NC(=O)[C@@H](NC(=O)[C@@H](Cc1ccc(OCc2c(Cl)cccc2Cl)cc1)NC(=O)[C@@H]1CCCN1C(=O)[C@@H](Cc1ccccc1)NC(=O)OC(C)(C)C)C(C)C)C(=O)OCc1ccccc1. The van der Waals surface area contributed by atoms with E-state index in [0.717, 1.165) is 16.7 Å². The van der Waals surface area contributed by atoms with E-state index in [9.17, 15) is 38.4 Å². The van der Waals surface area contributed by atoms with Crippen molar-refractivity contribution in [2.45, 2.75) is 155 Å². The molecule has 6 rings (SSSR count). The Kier molecular flexibility index (Phi) is 26.3. The van der Waals surface area contributed by atoms with Gasteiger partial charge in [0.2, 0.25) is 29.5 Å². The summed E-state index contributed by atoms with van der Waals surface area (Å²) >= 11 is 12.8. The zero-order valence-corrected chi connectivity index (χ0v) is 51.9. The number of nitrogens with one attached hydrogen (secondary N) is 6. The molecular formula is C66H81Cl2N7O12. The number of esters is 1. The summed E-state index contributed by atoms with van der Waals surface area (Å²) in [5.74, 6) is -4.26. The molecule has 1 fully saturated rings. The number of carbonyl (C=O) groups is 8. The molecule has 0 spiro atoms. The molecular weight excluding hydrogens is 1150 g/mol. The number of benzene rings is 5. The van der Waals surface area contributed by atoms with Crippen LogP contribution in [0.1, 0.15) is 108 Å². The van der Waals surface area contributed by atoms with Gasteiger partial charge in [-0.05, 0) is 111 Å². The Labute approximate surface area is 519 Å². The number of amides is 7. The Morgan fingerprint density at radius 1 is 0.575 bits per heavy atom. The van der Waals surface area contributed by atoms with Crippen LogP contribution in [-0.2, 0) is 75.6 Å². The van der Waals surface area contributed by atoms with Crippen LogP contribution in [0.5, 0.6) is 5.75 Å². The first-order chi connectivity index (χ1) is 41.5. The van der Waals surface area contributed by atoms with Crippen LogP contribution in [0.25, 0.3) is 0 Å². The number of likely N-dealkylation sites (tertiary alicyclic amines) is 1. The van der Waals surface area contributed by atoms with Gasteiger partial charge in [-0.3, -0.25) is 24.0 Å². The second kappa shape index (κ2) is 33.7. The van der Waals surface area contributed by atoms with Gasteiger partial charge in [-0.1, -0.05) is 160 Å². The highest BCUT2D eigenvalue weighted by atomic mass is 35.5. The van der Waals surface area contributed by atoms with Crippen LogP contribution in [0.15, 0.2) is 133 Å². The largest absolute Gasteiger partial charge is 0.489 e. The van der Waals surface area contributed by atoms with Gasteiger partial charge < -0.3 is 55.7 Å². The summed E-state index contributed by atoms with van der Waals surface area (Å²) < 4.78 is 22.6. The lowest BCUT2D eigenvalue weighted by molar-refractivity contribution is -0.150. The van der Waals surface area contributed by atoms with Gasteiger partial charge in [0.25, 0.3) is 0 Å². The van der Waals surface area contributed by atoms with E-state index in [0.29, 0.717) is 33.3 Å². The first-order valence-corrected chi connectivity index (χ1v) is 30.1. The Bertz CT molecular complexity index is 3060. The number of hydrogen-bond donors (Lipinski definition) is 6.